The Hall–Kier alpha value is -2.44. The van der Waals surface area contributed by atoms with E-state index in [0.29, 0.717) is 18.0 Å². The van der Waals surface area contributed by atoms with E-state index in [2.05, 4.69) is 10.6 Å². The van der Waals surface area contributed by atoms with Crippen molar-refractivity contribution in [3.63, 3.8) is 0 Å². The summed E-state index contributed by atoms with van der Waals surface area (Å²) in [6, 6.07) is 5.45. The molecule has 1 aromatic rings. The Bertz CT molecular complexity index is 566. The first-order chi connectivity index (χ1) is 10.3. The SMILES string of the molecule is CC(C)(C)OC(=O)NCC(=O)NCc1ccc2c(c1)OCO2. The fourth-order valence-electron chi connectivity index (χ4n) is 1.78. The number of nitrogens with one attached hydrogen (secondary N) is 2. The van der Waals surface area contributed by atoms with Crippen molar-refractivity contribution < 1.29 is 23.8 Å². The predicted molar refractivity (Wildman–Crippen MR) is 78.6 cm³/mol. The van der Waals surface area contributed by atoms with Crippen molar-refractivity contribution in [2.75, 3.05) is 13.3 Å². The fraction of sp³-hybridized carbons (Fsp3) is 0.467. The predicted octanol–water partition coefficient (Wildman–Crippen LogP) is 1.56. The van der Waals surface area contributed by atoms with Crippen LogP contribution in [0, 0.1) is 0 Å². The smallest absolute Gasteiger partial charge is 0.408 e. The summed E-state index contributed by atoms with van der Waals surface area (Å²) in [5.41, 5.74) is 0.294. The van der Waals surface area contributed by atoms with Gasteiger partial charge in [0.05, 0.1) is 0 Å². The molecular weight excluding hydrogens is 288 g/mol. The van der Waals surface area contributed by atoms with Gasteiger partial charge in [0.15, 0.2) is 11.5 Å². The van der Waals surface area contributed by atoms with Crippen molar-refractivity contribution in [3.8, 4) is 11.5 Å². The van der Waals surface area contributed by atoms with Crippen molar-refractivity contribution in [1.29, 1.82) is 0 Å². The van der Waals surface area contributed by atoms with Crippen molar-refractivity contribution in [3.05, 3.63) is 23.8 Å². The van der Waals surface area contributed by atoms with Crippen molar-refractivity contribution in [1.82, 2.24) is 10.6 Å². The maximum atomic E-state index is 11.7. The molecule has 0 spiro atoms. The Morgan fingerprint density at radius 1 is 1.18 bits per heavy atom. The van der Waals surface area contributed by atoms with Crippen LogP contribution in [0.3, 0.4) is 0 Å². The van der Waals surface area contributed by atoms with Crippen molar-refractivity contribution >= 4 is 12.0 Å². The molecule has 120 valence electrons. The van der Waals surface area contributed by atoms with Gasteiger partial charge in [-0.25, -0.2) is 4.79 Å². The van der Waals surface area contributed by atoms with Crippen molar-refractivity contribution in [2.24, 2.45) is 0 Å². The molecule has 7 nitrogen and oxygen atoms in total. The van der Waals surface area contributed by atoms with Crippen LogP contribution in [-0.2, 0) is 16.1 Å². The minimum Gasteiger partial charge on any atom is -0.454 e. The summed E-state index contributed by atoms with van der Waals surface area (Å²) in [5, 5.41) is 5.10. The largest absolute Gasteiger partial charge is 0.454 e. The molecule has 0 aromatic heterocycles. The van der Waals surface area contributed by atoms with E-state index in [-0.39, 0.29) is 19.2 Å². The average molecular weight is 308 g/mol. The number of carbonyl (C=O) groups is 2. The van der Waals surface area contributed by atoms with Crippen LogP contribution >= 0.6 is 0 Å². The van der Waals surface area contributed by atoms with Crippen LogP contribution in [0.1, 0.15) is 26.3 Å². The highest BCUT2D eigenvalue weighted by molar-refractivity contribution is 5.82. The molecule has 22 heavy (non-hydrogen) atoms. The molecule has 1 heterocycles. The molecule has 0 saturated heterocycles. The van der Waals surface area contributed by atoms with Gasteiger partial charge in [-0.15, -0.1) is 0 Å². The zero-order chi connectivity index (χ0) is 16.2. The second-order valence-corrected chi connectivity index (χ2v) is 5.82. The van der Waals surface area contributed by atoms with Crippen LogP contribution in [-0.4, -0.2) is 30.9 Å². The molecular formula is C15H20N2O5. The van der Waals surface area contributed by atoms with Gasteiger partial charge in [0.1, 0.15) is 12.1 Å². The number of ether oxygens (including phenoxy) is 3. The second kappa shape index (κ2) is 6.55. The number of hydrogen-bond donors (Lipinski definition) is 2. The number of carbonyl (C=O) groups excluding carboxylic acids is 2. The third-order valence-electron chi connectivity index (χ3n) is 2.72. The van der Waals surface area contributed by atoms with Crippen LogP contribution in [0.15, 0.2) is 18.2 Å². The Kier molecular flexibility index (Phi) is 4.75. The van der Waals surface area contributed by atoms with Gasteiger partial charge in [-0.1, -0.05) is 6.07 Å². The number of amides is 2. The van der Waals surface area contributed by atoms with Crippen LogP contribution in [0.2, 0.25) is 0 Å². The molecule has 1 aromatic carbocycles. The molecule has 0 bridgehead atoms. The monoisotopic (exact) mass is 308 g/mol. The van der Waals surface area contributed by atoms with E-state index < -0.39 is 11.7 Å². The molecule has 2 amide bonds. The summed E-state index contributed by atoms with van der Waals surface area (Å²) >= 11 is 0. The number of alkyl carbamates (subject to hydrolysis) is 1. The number of hydrogen-bond acceptors (Lipinski definition) is 5. The number of rotatable bonds is 4. The Labute approximate surface area is 128 Å². The molecule has 0 atom stereocenters. The van der Waals surface area contributed by atoms with Crippen LogP contribution in [0.25, 0.3) is 0 Å². The quantitative estimate of drug-likeness (QED) is 0.881. The highest BCUT2D eigenvalue weighted by Gasteiger charge is 2.17. The molecule has 0 unspecified atom stereocenters. The van der Waals surface area contributed by atoms with E-state index in [0.717, 1.165) is 5.56 Å². The van der Waals surface area contributed by atoms with E-state index in [4.69, 9.17) is 14.2 Å². The number of benzene rings is 1. The topological polar surface area (TPSA) is 85.9 Å². The summed E-state index contributed by atoms with van der Waals surface area (Å²) in [4.78, 5) is 23.1. The molecule has 2 N–H and O–H groups in total. The number of fused-ring (bicyclic) bond motifs is 1. The highest BCUT2D eigenvalue weighted by Crippen LogP contribution is 2.32. The lowest BCUT2D eigenvalue weighted by Gasteiger charge is -2.19. The lowest BCUT2D eigenvalue weighted by molar-refractivity contribution is -0.120. The molecule has 0 saturated carbocycles. The van der Waals surface area contributed by atoms with Gasteiger partial charge < -0.3 is 24.8 Å². The molecule has 0 aliphatic carbocycles. The third-order valence-corrected chi connectivity index (χ3v) is 2.72. The lowest BCUT2D eigenvalue weighted by Crippen LogP contribution is -2.39. The van der Waals surface area contributed by atoms with E-state index in [1.54, 1.807) is 26.8 Å². The Balaban J connectivity index is 1.73. The normalized spacial score (nSPS) is 12.7. The first-order valence-corrected chi connectivity index (χ1v) is 6.95. The van der Waals surface area contributed by atoms with Gasteiger partial charge in [-0.2, -0.15) is 0 Å². The maximum absolute atomic E-state index is 11.7. The van der Waals surface area contributed by atoms with Gasteiger partial charge in [0.2, 0.25) is 12.7 Å². The zero-order valence-electron chi connectivity index (χ0n) is 12.9. The van der Waals surface area contributed by atoms with Gasteiger partial charge in [-0.3, -0.25) is 4.79 Å². The molecule has 0 fully saturated rings. The first-order valence-electron chi connectivity index (χ1n) is 6.95. The van der Waals surface area contributed by atoms with E-state index in [9.17, 15) is 9.59 Å². The Morgan fingerprint density at radius 3 is 2.64 bits per heavy atom. The molecule has 2 rings (SSSR count). The van der Waals surface area contributed by atoms with E-state index >= 15 is 0 Å². The summed E-state index contributed by atoms with van der Waals surface area (Å²) in [6.45, 7) is 5.68. The maximum Gasteiger partial charge on any atom is 0.408 e. The van der Waals surface area contributed by atoms with Crippen molar-refractivity contribution in [2.45, 2.75) is 32.9 Å². The first kappa shape index (κ1) is 15.9. The van der Waals surface area contributed by atoms with Gasteiger partial charge in [-0.05, 0) is 38.5 Å². The molecule has 7 heteroatoms. The fourth-order valence-corrected chi connectivity index (χ4v) is 1.78. The van der Waals surface area contributed by atoms with Crippen LogP contribution in [0.4, 0.5) is 4.79 Å². The zero-order valence-corrected chi connectivity index (χ0v) is 12.9. The third kappa shape index (κ3) is 4.83. The van der Waals surface area contributed by atoms with E-state index in [1.807, 2.05) is 12.1 Å². The average Bonchev–Trinajstić information content (AvgIpc) is 2.88. The van der Waals surface area contributed by atoms with Gasteiger partial charge in [0, 0.05) is 6.54 Å². The summed E-state index contributed by atoms with van der Waals surface area (Å²) in [5.74, 6) is 1.06. The molecule has 1 aliphatic heterocycles. The van der Waals surface area contributed by atoms with Gasteiger partial charge in [0.25, 0.3) is 0 Å². The van der Waals surface area contributed by atoms with Crippen LogP contribution in [0.5, 0.6) is 11.5 Å². The minimum absolute atomic E-state index is 0.139. The molecule has 0 radical (unpaired) electrons. The van der Waals surface area contributed by atoms with Crippen LogP contribution < -0.4 is 20.1 Å². The standard InChI is InChI=1S/C15H20N2O5/c1-15(2,3)22-14(19)17-8-13(18)16-7-10-4-5-11-12(6-10)21-9-20-11/h4-6H,7-9H2,1-3H3,(H,16,18)(H,17,19). The minimum atomic E-state index is -0.620. The molecule has 1 aliphatic rings. The van der Waals surface area contributed by atoms with E-state index in [1.165, 1.54) is 0 Å². The second-order valence-electron chi connectivity index (χ2n) is 5.82. The van der Waals surface area contributed by atoms with Gasteiger partial charge >= 0.3 is 6.09 Å². The highest BCUT2D eigenvalue weighted by atomic mass is 16.7. The summed E-state index contributed by atoms with van der Waals surface area (Å²) in [7, 11) is 0. The Morgan fingerprint density at radius 2 is 1.91 bits per heavy atom. The summed E-state index contributed by atoms with van der Waals surface area (Å²) in [6.07, 6.45) is -0.620. The lowest BCUT2D eigenvalue weighted by atomic mass is 10.2. The summed E-state index contributed by atoms with van der Waals surface area (Å²) < 4.78 is 15.5.